The molecule has 1 heterocycles. The molecule has 1 aromatic heterocycles. The zero-order chi connectivity index (χ0) is 28.8. The number of ketones is 1. The molecule has 0 aliphatic rings. The van der Waals surface area contributed by atoms with Gasteiger partial charge in [-0.2, -0.15) is 0 Å². The molecule has 3 aromatic carbocycles. The summed E-state index contributed by atoms with van der Waals surface area (Å²) in [6.07, 6.45) is 3.15. The van der Waals surface area contributed by atoms with E-state index >= 15 is 0 Å². The largest absolute Gasteiger partial charge is 0.512 e. The number of benzene rings is 3. The van der Waals surface area contributed by atoms with Crippen LogP contribution in [0.4, 0.5) is 0 Å². The average Bonchev–Trinajstić information content (AvgIpc) is 2.89. The summed E-state index contributed by atoms with van der Waals surface area (Å²) in [6.45, 7) is 15.5. The first-order valence-electron chi connectivity index (χ1n) is 13.3. The summed E-state index contributed by atoms with van der Waals surface area (Å²) in [5, 5.41) is 9.56. The van der Waals surface area contributed by atoms with E-state index in [-0.39, 0.29) is 37.1 Å². The summed E-state index contributed by atoms with van der Waals surface area (Å²) in [4.78, 5) is 15.9. The Labute approximate surface area is 253 Å². The first kappa shape index (κ1) is 32.9. The van der Waals surface area contributed by atoms with Crippen molar-refractivity contribution in [1.29, 1.82) is 0 Å². The normalized spacial score (nSPS) is 11.7. The van der Waals surface area contributed by atoms with Gasteiger partial charge in [0, 0.05) is 43.2 Å². The van der Waals surface area contributed by atoms with Crippen LogP contribution in [0.5, 0.6) is 0 Å². The molecule has 3 nitrogen and oxygen atoms in total. The summed E-state index contributed by atoms with van der Waals surface area (Å²) in [6, 6.07) is 30.7. The molecule has 4 heteroatoms. The summed E-state index contributed by atoms with van der Waals surface area (Å²) in [5.41, 5.74) is 8.78. The number of rotatable bonds is 4. The van der Waals surface area contributed by atoms with Gasteiger partial charge in [0.25, 0.3) is 0 Å². The zero-order valence-electron chi connectivity index (χ0n) is 24.8. The van der Waals surface area contributed by atoms with Gasteiger partial charge in [0.15, 0.2) is 5.78 Å². The molecule has 0 fully saturated rings. The topological polar surface area (TPSA) is 50.2 Å². The van der Waals surface area contributed by atoms with E-state index < -0.39 is 5.41 Å². The van der Waals surface area contributed by atoms with Gasteiger partial charge >= 0.3 is 0 Å². The van der Waals surface area contributed by atoms with Crippen LogP contribution in [0.25, 0.3) is 33.5 Å². The monoisotopic (exact) mass is 711 g/mol. The quantitative estimate of drug-likeness (QED) is 0.130. The second-order valence-corrected chi connectivity index (χ2v) is 11.9. The van der Waals surface area contributed by atoms with Crippen molar-refractivity contribution < 1.29 is 30.0 Å². The molecule has 4 aromatic rings. The van der Waals surface area contributed by atoms with Crippen LogP contribution >= 0.6 is 0 Å². The predicted octanol–water partition coefficient (Wildman–Crippen LogP) is 9.59. The second kappa shape index (κ2) is 13.8. The van der Waals surface area contributed by atoms with Gasteiger partial charge in [0.05, 0.1) is 0 Å². The predicted molar refractivity (Wildman–Crippen MR) is 163 cm³/mol. The fourth-order valence-corrected chi connectivity index (χ4v) is 4.05. The van der Waals surface area contributed by atoms with E-state index in [9.17, 15) is 9.90 Å². The maximum Gasteiger partial charge on any atom is 0.164 e. The second-order valence-electron chi connectivity index (χ2n) is 11.9. The van der Waals surface area contributed by atoms with Crippen molar-refractivity contribution in [1.82, 2.24) is 4.98 Å². The average molecular weight is 711 g/mol. The number of pyridine rings is 1. The van der Waals surface area contributed by atoms with Crippen molar-refractivity contribution in [3.8, 4) is 33.5 Å². The van der Waals surface area contributed by atoms with Crippen LogP contribution < -0.4 is 0 Å². The summed E-state index contributed by atoms with van der Waals surface area (Å²) < 4.78 is 0. The minimum absolute atomic E-state index is 0. The molecule has 0 unspecified atom stereocenters. The first-order valence-corrected chi connectivity index (χ1v) is 13.3. The van der Waals surface area contributed by atoms with Gasteiger partial charge in [-0.1, -0.05) is 96.1 Å². The van der Waals surface area contributed by atoms with Crippen molar-refractivity contribution in [3.05, 3.63) is 114 Å². The number of nitrogens with zero attached hydrogens (tertiary/aromatic N) is 1. The molecular weight excluding hydrogens is 671 g/mol. The minimum Gasteiger partial charge on any atom is -0.512 e. The standard InChI is InChI=1S/C25H20N.C11H20O2.Ir/c1-18-9-7-10-19(2)25(18)23-14-4-3-13-22(23)20-11-8-12-21(17-20)24-15-5-6-16-26-24;1-10(2,3)8(12)7-9(13)11(4,5)6;/h3-11,13-17H,1-2H3;7,12H,1-6H3;/q-1;;/b;8-7-;. The van der Waals surface area contributed by atoms with Gasteiger partial charge in [-0.25, -0.2) is 0 Å². The summed E-state index contributed by atoms with van der Waals surface area (Å²) in [5.74, 6) is 0.104. The number of aryl methyl sites for hydroxylation is 2. The molecule has 211 valence electrons. The third kappa shape index (κ3) is 8.58. The van der Waals surface area contributed by atoms with E-state index in [0.717, 1.165) is 11.3 Å². The molecule has 1 N–H and O–H groups in total. The Balaban J connectivity index is 0.000000344. The van der Waals surface area contributed by atoms with Crippen LogP contribution in [0.3, 0.4) is 0 Å². The number of aliphatic hydroxyl groups excluding tert-OH is 1. The molecule has 40 heavy (non-hydrogen) atoms. The maximum atomic E-state index is 11.5. The first-order chi connectivity index (χ1) is 18.3. The molecule has 4 rings (SSSR count). The number of carbonyl (C=O) groups excluding carboxylic acids is 1. The Morgan fingerprint density at radius 1 is 0.800 bits per heavy atom. The van der Waals surface area contributed by atoms with Gasteiger partial charge in [-0.05, 0) is 53.4 Å². The van der Waals surface area contributed by atoms with Crippen molar-refractivity contribution in [2.75, 3.05) is 0 Å². The van der Waals surface area contributed by atoms with Crippen molar-refractivity contribution in [2.45, 2.75) is 55.4 Å². The molecule has 0 saturated carbocycles. The van der Waals surface area contributed by atoms with Gasteiger partial charge in [-0.3, -0.25) is 4.79 Å². The van der Waals surface area contributed by atoms with E-state index in [1.165, 1.54) is 39.5 Å². The van der Waals surface area contributed by atoms with Gasteiger partial charge in [0.1, 0.15) is 5.76 Å². The van der Waals surface area contributed by atoms with Crippen molar-refractivity contribution in [3.63, 3.8) is 0 Å². The van der Waals surface area contributed by atoms with Crippen LogP contribution in [0.15, 0.2) is 96.9 Å². The molecule has 0 saturated heterocycles. The van der Waals surface area contributed by atoms with Gasteiger partial charge < -0.3 is 10.1 Å². The van der Waals surface area contributed by atoms with Crippen molar-refractivity contribution in [2.24, 2.45) is 10.8 Å². The number of allylic oxidation sites excluding steroid dienone is 2. The van der Waals surface area contributed by atoms with E-state index in [4.69, 9.17) is 0 Å². The molecule has 0 atom stereocenters. The Hall–Kier alpha value is -3.33. The number of carbonyl (C=O) groups is 1. The molecular formula is C36H40IrNO2-. The Bertz CT molecular complexity index is 1440. The molecule has 0 aliphatic carbocycles. The number of hydrogen-bond donors (Lipinski definition) is 1. The van der Waals surface area contributed by atoms with Gasteiger partial charge in [0.2, 0.25) is 0 Å². The van der Waals surface area contributed by atoms with Crippen LogP contribution in [0.2, 0.25) is 0 Å². The van der Waals surface area contributed by atoms with E-state index in [0.29, 0.717) is 0 Å². The Morgan fingerprint density at radius 3 is 1.95 bits per heavy atom. The SMILES string of the molecule is CC(C)(C)C(=O)/C=C(\O)C(C)(C)C.Cc1cccc(C)c1-c1ccccc1-c1cc[c-]c(-c2ccccn2)c1.[Ir]. The summed E-state index contributed by atoms with van der Waals surface area (Å²) in [7, 11) is 0. The fourth-order valence-electron chi connectivity index (χ4n) is 4.05. The third-order valence-electron chi connectivity index (χ3n) is 6.51. The van der Waals surface area contributed by atoms with E-state index in [1.54, 1.807) is 0 Å². The smallest absolute Gasteiger partial charge is 0.164 e. The fraction of sp³-hybridized carbons (Fsp3) is 0.278. The Kier molecular flexibility index (Phi) is 11.4. The van der Waals surface area contributed by atoms with E-state index in [1.807, 2.05) is 72.0 Å². The number of aliphatic hydroxyl groups is 1. The molecule has 0 amide bonds. The molecule has 0 spiro atoms. The molecule has 0 aliphatic heterocycles. The third-order valence-corrected chi connectivity index (χ3v) is 6.51. The maximum absolute atomic E-state index is 11.5. The summed E-state index contributed by atoms with van der Waals surface area (Å²) >= 11 is 0. The van der Waals surface area contributed by atoms with Crippen LogP contribution in [0.1, 0.15) is 52.7 Å². The zero-order valence-corrected chi connectivity index (χ0v) is 27.2. The van der Waals surface area contributed by atoms with Crippen LogP contribution in [0, 0.1) is 30.7 Å². The number of hydrogen-bond acceptors (Lipinski definition) is 3. The minimum atomic E-state index is -0.417. The molecule has 0 bridgehead atoms. The molecule has 1 radical (unpaired) electrons. The number of aromatic nitrogens is 1. The van der Waals surface area contributed by atoms with Crippen LogP contribution in [-0.4, -0.2) is 15.9 Å². The van der Waals surface area contributed by atoms with Gasteiger partial charge in [-0.15, -0.1) is 35.4 Å². The Morgan fingerprint density at radius 2 is 1.40 bits per heavy atom. The van der Waals surface area contributed by atoms with Crippen molar-refractivity contribution >= 4 is 5.78 Å². The van der Waals surface area contributed by atoms with Crippen LogP contribution in [-0.2, 0) is 24.9 Å². The van der Waals surface area contributed by atoms with E-state index in [2.05, 4.69) is 79.5 Å².